The Morgan fingerprint density at radius 1 is 1.56 bits per heavy atom. The van der Waals surface area contributed by atoms with E-state index in [1.165, 1.54) is 0 Å². The first-order valence-corrected chi connectivity index (χ1v) is 6.54. The highest BCUT2D eigenvalue weighted by molar-refractivity contribution is 7.94. The maximum absolute atomic E-state index is 12.1. The zero-order valence-electron chi connectivity index (χ0n) is 9.69. The lowest BCUT2D eigenvalue weighted by Gasteiger charge is -2.53. The third-order valence-electron chi connectivity index (χ3n) is 4.31. The normalized spacial score (nSPS) is 36.7. The minimum atomic E-state index is -0.262. The Morgan fingerprint density at radius 3 is 2.88 bits per heavy atom. The van der Waals surface area contributed by atoms with Crippen molar-refractivity contribution < 1.29 is 19.4 Å². The number of rotatable bonds is 4. The first-order valence-electron chi connectivity index (χ1n) is 5.63. The first-order chi connectivity index (χ1) is 7.50. The number of hydrogen-bond donors (Lipinski definition) is 1. The Kier molecular flexibility index (Phi) is 3.32. The smallest absolute Gasteiger partial charge is 0.140 e. The van der Waals surface area contributed by atoms with Crippen molar-refractivity contribution in [2.75, 3.05) is 5.75 Å². The molecule has 0 aliphatic heterocycles. The fourth-order valence-electron chi connectivity index (χ4n) is 3.36. The summed E-state index contributed by atoms with van der Waals surface area (Å²) in [5.74, 6) is 1.47. The molecular formula is C11H18O4S. The van der Waals surface area contributed by atoms with Gasteiger partial charge < -0.3 is 0 Å². The van der Waals surface area contributed by atoms with Gasteiger partial charge in [0.25, 0.3) is 0 Å². The van der Waals surface area contributed by atoms with Crippen LogP contribution in [0.25, 0.3) is 0 Å². The number of carbonyl (C=O) groups excluding carboxylic acids is 1. The minimum Gasteiger partial charge on any atom is -0.299 e. The van der Waals surface area contributed by atoms with Gasteiger partial charge in [0.1, 0.15) is 5.78 Å². The van der Waals surface area contributed by atoms with Crippen molar-refractivity contribution in [3.8, 4) is 0 Å². The first kappa shape index (κ1) is 12.4. The van der Waals surface area contributed by atoms with Gasteiger partial charge >= 0.3 is 0 Å². The topological polar surface area (TPSA) is 55.8 Å². The molecule has 0 saturated heterocycles. The van der Waals surface area contributed by atoms with E-state index >= 15 is 0 Å². The number of fused-ring (bicyclic) bond motifs is 3. The molecule has 0 amide bonds. The molecule has 0 spiro atoms. The maximum Gasteiger partial charge on any atom is 0.140 e. The molecule has 3 aliphatic rings. The molecule has 0 aromatic heterocycles. The van der Waals surface area contributed by atoms with E-state index in [0.29, 0.717) is 23.9 Å². The van der Waals surface area contributed by atoms with Crippen LogP contribution < -0.4 is 0 Å². The molecule has 3 fully saturated rings. The van der Waals surface area contributed by atoms with Crippen LogP contribution in [0.15, 0.2) is 0 Å². The van der Waals surface area contributed by atoms with Crippen molar-refractivity contribution >= 4 is 17.8 Å². The summed E-state index contributed by atoms with van der Waals surface area (Å²) in [4.78, 5) is 12.1. The summed E-state index contributed by atoms with van der Waals surface area (Å²) in [5.41, 5.74) is -0.0196. The average molecular weight is 246 g/mol. The molecule has 3 saturated carbocycles. The van der Waals surface area contributed by atoms with Crippen LogP contribution in [0.5, 0.6) is 0 Å². The SMILES string of the molecule is CC1(C)CC2(CSOOO)CCC1CC2=O. The van der Waals surface area contributed by atoms with Crippen LogP contribution >= 0.6 is 12.0 Å². The molecule has 3 rings (SSSR count). The number of hydrogen-bond acceptors (Lipinski definition) is 5. The monoisotopic (exact) mass is 246 g/mol. The van der Waals surface area contributed by atoms with Gasteiger partial charge in [0.15, 0.2) is 0 Å². The third-order valence-corrected chi connectivity index (χ3v) is 5.14. The second kappa shape index (κ2) is 4.29. The van der Waals surface area contributed by atoms with E-state index in [0.717, 1.165) is 31.3 Å². The van der Waals surface area contributed by atoms with Crippen molar-refractivity contribution in [2.45, 2.75) is 39.5 Å². The zero-order valence-corrected chi connectivity index (χ0v) is 10.5. The van der Waals surface area contributed by atoms with E-state index in [1.807, 2.05) is 0 Å². The Balaban J connectivity index is 2.08. The van der Waals surface area contributed by atoms with E-state index in [9.17, 15) is 4.79 Å². The van der Waals surface area contributed by atoms with Gasteiger partial charge in [-0.3, -0.25) is 4.79 Å². The van der Waals surface area contributed by atoms with Crippen molar-refractivity contribution in [1.29, 1.82) is 0 Å². The van der Waals surface area contributed by atoms with E-state index in [2.05, 4.69) is 23.2 Å². The second-order valence-electron chi connectivity index (χ2n) is 5.71. The predicted molar refractivity (Wildman–Crippen MR) is 60.4 cm³/mol. The van der Waals surface area contributed by atoms with Crippen LogP contribution in [0, 0.1) is 16.7 Å². The number of ketones is 1. The molecule has 2 bridgehead atoms. The van der Waals surface area contributed by atoms with Gasteiger partial charge in [-0.05, 0) is 30.6 Å². The lowest BCUT2D eigenvalue weighted by atomic mass is 9.51. The predicted octanol–water partition coefficient (Wildman–Crippen LogP) is 2.84. The van der Waals surface area contributed by atoms with E-state index < -0.39 is 0 Å². The standard InChI is InChI=1S/C11H18O4S/c1-10(2)6-11(7-16-15-14-13)4-3-8(10)5-9(11)12/h8,13H,3-7H2,1-2H3. The Morgan fingerprint density at radius 2 is 2.31 bits per heavy atom. The summed E-state index contributed by atoms with van der Waals surface area (Å²) in [7, 11) is 0. The van der Waals surface area contributed by atoms with Gasteiger partial charge in [-0.1, -0.05) is 18.9 Å². The zero-order chi connectivity index (χ0) is 11.8. The second-order valence-corrected chi connectivity index (χ2v) is 6.37. The van der Waals surface area contributed by atoms with Crippen LogP contribution in [0.3, 0.4) is 0 Å². The van der Waals surface area contributed by atoms with Crippen LogP contribution in [0.1, 0.15) is 39.5 Å². The highest BCUT2D eigenvalue weighted by atomic mass is 32.2. The molecule has 0 aromatic rings. The van der Waals surface area contributed by atoms with Gasteiger partial charge in [0.2, 0.25) is 0 Å². The molecule has 3 aliphatic carbocycles. The molecule has 0 aromatic carbocycles. The Labute approximate surface area is 99.8 Å². The van der Waals surface area contributed by atoms with E-state index in [-0.39, 0.29) is 10.8 Å². The molecule has 1 N–H and O–H groups in total. The van der Waals surface area contributed by atoms with Gasteiger partial charge in [0.05, 0.1) is 0 Å². The molecule has 2 unspecified atom stereocenters. The largest absolute Gasteiger partial charge is 0.299 e. The summed E-state index contributed by atoms with van der Waals surface area (Å²) in [6.45, 7) is 4.48. The molecular weight excluding hydrogens is 228 g/mol. The Hall–Kier alpha value is -0.100. The molecule has 0 radical (unpaired) electrons. The molecule has 16 heavy (non-hydrogen) atoms. The molecule has 0 heterocycles. The fraction of sp³-hybridized carbons (Fsp3) is 0.909. The Bertz CT molecular complexity index is 292. The summed E-state index contributed by atoms with van der Waals surface area (Å²) < 4.78 is 4.42. The molecule has 5 heteroatoms. The fourth-order valence-corrected chi connectivity index (χ4v) is 4.09. The van der Waals surface area contributed by atoms with Crippen molar-refractivity contribution in [2.24, 2.45) is 16.7 Å². The van der Waals surface area contributed by atoms with Gasteiger partial charge in [-0.25, -0.2) is 5.26 Å². The quantitative estimate of drug-likeness (QED) is 0.358. The third kappa shape index (κ3) is 2.01. The average Bonchev–Trinajstić information content (AvgIpc) is 2.20. The van der Waals surface area contributed by atoms with E-state index in [1.54, 1.807) is 0 Å². The van der Waals surface area contributed by atoms with Crippen molar-refractivity contribution in [3.05, 3.63) is 0 Å². The van der Waals surface area contributed by atoms with E-state index in [4.69, 9.17) is 5.26 Å². The summed E-state index contributed by atoms with van der Waals surface area (Å²) in [6.07, 6.45) is 3.69. The highest BCUT2D eigenvalue weighted by Crippen LogP contribution is 2.57. The maximum atomic E-state index is 12.1. The highest BCUT2D eigenvalue weighted by Gasteiger charge is 2.54. The van der Waals surface area contributed by atoms with Gasteiger partial charge in [0, 0.05) is 29.6 Å². The van der Waals surface area contributed by atoms with Crippen molar-refractivity contribution in [1.82, 2.24) is 0 Å². The van der Waals surface area contributed by atoms with Gasteiger partial charge in [-0.15, -0.1) is 4.33 Å². The summed E-state index contributed by atoms with van der Waals surface area (Å²) >= 11 is 1.02. The lowest BCUT2D eigenvalue weighted by molar-refractivity contribution is -0.432. The summed E-state index contributed by atoms with van der Waals surface area (Å²) in [6, 6.07) is 0. The molecule has 2 atom stereocenters. The lowest BCUT2D eigenvalue weighted by Crippen LogP contribution is -2.52. The van der Waals surface area contributed by atoms with Crippen LogP contribution in [-0.4, -0.2) is 16.8 Å². The number of carbonyl (C=O) groups is 1. The van der Waals surface area contributed by atoms with Crippen LogP contribution in [0.2, 0.25) is 0 Å². The number of Topliss-reactive ketones (excluding diaryl/α,β-unsaturated/α-hetero) is 1. The van der Waals surface area contributed by atoms with Crippen LogP contribution in [-0.2, 0) is 14.2 Å². The van der Waals surface area contributed by atoms with Crippen molar-refractivity contribution in [3.63, 3.8) is 0 Å². The summed E-state index contributed by atoms with van der Waals surface area (Å²) in [5, 5.41) is 11.7. The van der Waals surface area contributed by atoms with Crippen LogP contribution in [0.4, 0.5) is 0 Å². The minimum absolute atomic E-state index is 0.243. The van der Waals surface area contributed by atoms with Gasteiger partial charge in [-0.2, -0.15) is 0 Å². The molecule has 92 valence electrons. The molecule has 4 nitrogen and oxygen atoms in total.